The highest BCUT2D eigenvalue weighted by Gasteiger charge is 2.19. The summed E-state index contributed by atoms with van der Waals surface area (Å²) in [5.41, 5.74) is 3.62. The molecule has 0 radical (unpaired) electrons. The van der Waals surface area contributed by atoms with Crippen LogP contribution in [0.4, 0.5) is 0 Å². The molecule has 0 saturated heterocycles. The Hall–Kier alpha value is -2.52. The van der Waals surface area contributed by atoms with E-state index in [4.69, 9.17) is 10.2 Å². The average molecular weight is 453 g/mol. The van der Waals surface area contributed by atoms with E-state index in [1.54, 1.807) is 0 Å². The van der Waals surface area contributed by atoms with Crippen LogP contribution in [0.25, 0.3) is 0 Å². The zero-order valence-electron chi connectivity index (χ0n) is 19.7. The van der Waals surface area contributed by atoms with Crippen molar-refractivity contribution in [3.63, 3.8) is 0 Å². The second-order valence-corrected chi connectivity index (χ2v) is 13.8. The van der Waals surface area contributed by atoms with Gasteiger partial charge in [0, 0.05) is 6.42 Å². The van der Waals surface area contributed by atoms with Gasteiger partial charge in [0.15, 0.2) is 23.7 Å². The fourth-order valence-electron chi connectivity index (χ4n) is 3.07. The van der Waals surface area contributed by atoms with Crippen LogP contribution < -0.4 is 0 Å². The van der Waals surface area contributed by atoms with Crippen molar-refractivity contribution >= 4 is 35.1 Å². The lowest BCUT2D eigenvalue weighted by Gasteiger charge is -2.26. The van der Waals surface area contributed by atoms with Gasteiger partial charge in [-0.1, -0.05) is 93.8 Å². The van der Waals surface area contributed by atoms with Crippen molar-refractivity contribution in [1.82, 2.24) is 9.35 Å². The summed E-state index contributed by atoms with van der Waals surface area (Å²) in [5, 5.41) is 9.79. The maximum atomic E-state index is 12.8. The molecule has 2 aromatic rings. The van der Waals surface area contributed by atoms with Crippen LogP contribution in [0.2, 0.25) is 26.2 Å². The van der Waals surface area contributed by atoms with Gasteiger partial charge < -0.3 is 9.35 Å². The van der Waals surface area contributed by atoms with Crippen molar-refractivity contribution in [3.05, 3.63) is 71.8 Å². The molecular weight excluding hydrogens is 416 g/mol. The Balaban J connectivity index is 2.35. The van der Waals surface area contributed by atoms with E-state index >= 15 is 0 Å². The van der Waals surface area contributed by atoms with E-state index in [0.29, 0.717) is 24.4 Å². The molecule has 0 aromatic heterocycles. The molecule has 2 aromatic carbocycles. The number of nitrogens with zero attached hydrogens (tertiary/aromatic N) is 4. The van der Waals surface area contributed by atoms with E-state index in [1.807, 2.05) is 50.2 Å². The highest BCUT2D eigenvalue weighted by molar-refractivity contribution is 6.67. The number of hydrogen-bond acceptors (Lipinski definition) is 5. The molecule has 0 atom stereocenters. The fourth-order valence-corrected chi connectivity index (χ4v) is 4.98. The number of hydrogen-bond donors (Lipinski definition) is 0. The molecule has 0 aliphatic carbocycles. The third-order valence-corrected chi connectivity index (χ3v) is 7.98. The summed E-state index contributed by atoms with van der Waals surface area (Å²) >= 11 is 0. The molecule has 31 heavy (non-hydrogen) atoms. The minimum Gasteiger partial charge on any atom is -0.324 e. The SMILES string of the molecule is CCC(=O)C(=NN(Cc1ccccc1)[SiH](C)C)C(C)=NN(Cc1ccccc1)[SiH](C)C. The summed E-state index contributed by atoms with van der Waals surface area (Å²) < 4.78 is 4.28. The summed E-state index contributed by atoms with van der Waals surface area (Å²) in [6, 6.07) is 20.7. The summed E-state index contributed by atoms with van der Waals surface area (Å²) in [6.45, 7) is 14.2. The van der Waals surface area contributed by atoms with Crippen LogP contribution in [0.3, 0.4) is 0 Å². The average Bonchev–Trinajstić information content (AvgIpc) is 2.76. The van der Waals surface area contributed by atoms with Gasteiger partial charge in [0.05, 0.1) is 18.8 Å². The smallest absolute Gasteiger partial charge is 0.184 e. The van der Waals surface area contributed by atoms with E-state index in [1.165, 1.54) is 11.1 Å². The monoisotopic (exact) mass is 452 g/mol. The van der Waals surface area contributed by atoms with Gasteiger partial charge in [-0.3, -0.25) is 4.79 Å². The minimum absolute atomic E-state index is 0.0408. The van der Waals surface area contributed by atoms with Crippen molar-refractivity contribution in [3.8, 4) is 0 Å². The van der Waals surface area contributed by atoms with E-state index in [-0.39, 0.29) is 5.78 Å². The first kappa shape index (κ1) is 24.8. The largest absolute Gasteiger partial charge is 0.324 e. The van der Waals surface area contributed by atoms with Gasteiger partial charge in [0.2, 0.25) is 0 Å². The molecular formula is C24H36N4OSi2. The minimum atomic E-state index is -1.28. The van der Waals surface area contributed by atoms with Gasteiger partial charge in [0.25, 0.3) is 0 Å². The van der Waals surface area contributed by atoms with Gasteiger partial charge >= 0.3 is 0 Å². The molecule has 0 saturated carbocycles. The second kappa shape index (κ2) is 12.4. The standard InChI is InChI=1S/C24H36N4OSi2/c1-7-23(29)24(26-28(31(5)6)19-22-16-12-9-13-17-22)20(2)25-27(30(3)4)18-21-14-10-8-11-15-21/h8-17,30-31H,7,18-19H2,1-6H3. The lowest BCUT2D eigenvalue weighted by atomic mass is 10.1. The van der Waals surface area contributed by atoms with Crippen LogP contribution in [0.15, 0.2) is 70.9 Å². The lowest BCUT2D eigenvalue weighted by Crippen LogP contribution is -2.36. The Morgan fingerprint density at radius 3 is 1.58 bits per heavy atom. The second-order valence-electron chi connectivity index (χ2n) is 8.26. The van der Waals surface area contributed by atoms with Crippen molar-refractivity contribution in [2.75, 3.05) is 0 Å². The Bertz CT molecular complexity index is 883. The van der Waals surface area contributed by atoms with Gasteiger partial charge in [-0.2, -0.15) is 10.2 Å². The van der Waals surface area contributed by atoms with Crippen molar-refractivity contribution < 1.29 is 4.79 Å². The highest BCUT2D eigenvalue weighted by Crippen LogP contribution is 2.11. The van der Waals surface area contributed by atoms with Gasteiger partial charge in [0.1, 0.15) is 5.71 Å². The van der Waals surface area contributed by atoms with Gasteiger partial charge in [-0.25, -0.2) is 0 Å². The normalized spacial score (nSPS) is 12.4. The van der Waals surface area contributed by atoms with Gasteiger partial charge in [-0.05, 0) is 18.1 Å². The Morgan fingerprint density at radius 2 is 1.19 bits per heavy atom. The molecule has 0 aliphatic heterocycles. The first-order valence-electron chi connectivity index (χ1n) is 11.1. The molecule has 0 fully saturated rings. The fraction of sp³-hybridized carbons (Fsp3) is 0.375. The first-order chi connectivity index (χ1) is 14.8. The number of ketones is 1. The Kier molecular flexibility index (Phi) is 9.87. The molecule has 0 heterocycles. The third kappa shape index (κ3) is 7.92. The van der Waals surface area contributed by atoms with Gasteiger partial charge in [-0.15, -0.1) is 0 Å². The highest BCUT2D eigenvalue weighted by atomic mass is 28.3. The topological polar surface area (TPSA) is 48.3 Å². The number of hydrazone groups is 2. The quantitative estimate of drug-likeness (QED) is 0.283. The Labute approximate surface area is 190 Å². The summed E-state index contributed by atoms with van der Waals surface area (Å²) in [4.78, 5) is 12.8. The molecule has 7 heteroatoms. The number of carbonyl (C=O) groups is 1. The molecule has 0 spiro atoms. The number of rotatable bonds is 11. The van der Waals surface area contributed by atoms with Crippen molar-refractivity contribution in [2.45, 2.75) is 59.5 Å². The first-order valence-corrected chi connectivity index (χ1v) is 16.8. The van der Waals surface area contributed by atoms with Crippen molar-refractivity contribution in [2.24, 2.45) is 10.2 Å². The maximum absolute atomic E-state index is 12.8. The van der Waals surface area contributed by atoms with Crippen LogP contribution in [0.1, 0.15) is 31.4 Å². The van der Waals surface area contributed by atoms with E-state index in [2.05, 4.69) is 59.8 Å². The molecule has 2 rings (SSSR count). The lowest BCUT2D eigenvalue weighted by molar-refractivity contribution is -0.112. The molecule has 0 unspecified atom stereocenters. The summed E-state index contributed by atoms with van der Waals surface area (Å²) in [5.74, 6) is 0.0408. The molecule has 0 amide bonds. The zero-order chi connectivity index (χ0) is 22.8. The van der Waals surface area contributed by atoms with Crippen LogP contribution in [0.5, 0.6) is 0 Å². The molecule has 0 N–H and O–H groups in total. The number of Topliss-reactive ketones (excluding diaryl/α,β-unsaturated/α-hetero) is 1. The number of benzene rings is 2. The predicted molar refractivity (Wildman–Crippen MR) is 138 cm³/mol. The molecule has 5 nitrogen and oxygen atoms in total. The molecule has 166 valence electrons. The number of carbonyl (C=O) groups excluding carboxylic acids is 1. The summed E-state index contributed by atoms with van der Waals surface area (Å²) in [6.07, 6.45) is 0.419. The van der Waals surface area contributed by atoms with Crippen LogP contribution >= 0.6 is 0 Å². The Morgan fingerprint density at radius 1 is 0.774 bits per heavy atom. The molecule has 0 bridgehead atoms. The summed E-state index contributed by atoms with van der Waals surface area (Å²) in [7, 11) is -2.51. The molecule has 0 aliphatic rings. The van der Waals surface area contributed by atoms with E-state index in [0.717, 1.165) is 6.54 Å². The third-order valence-electron chi connectivity index (χ3n) is 5.00. The van der Waals surface area contributed by atoms with E-state index in [9.17, 15) is 4.79 Å². The van der Waals surface area contributed by atoms with Crippen molar-refractivity contribution in [1.29, 1.82) is 0 Å². The van der Waals surface area contributed by atoms with Crippen LogP contribution in [-0.2, 0) is 17.9 Å². The maximum Gasteiger partial charge on any atom is 0.184 e. The zero-order valence-corrected chi connectivity index (χ0v) is 22.1. The van der Waals surface area contributed by atoms with Crippen LogP contribution in [0, 0.1) is 0 Å². The van der Waals surface area contributed by atoms with Crippen LogP contribution in [-0.4, -0.2) is 44.5 Å². The van der Waals surface area contributed by atoms with E-state index < -0.39 is 17.9 Å². The predicted octanol–water partition coefficient (Wildman–Crippen LogP) is 4.67.